The van der Waals surface area contributed by atoms with Gasteiger partial charge in [0.05, 0.1) is 36.7 Å². The molecule has 1 aliphatic heterocycles. The van der Waals surface area contributed by atoms with E-state index < -0.39 is 10.0 Å². The molecule has 0 bridgehead atoms. The van der Waals surface area contributed by atoms with Gasteiger partial charge in [0.1, 0.15) is 5.75 Å². The van der Waals surface area contributed by atoms with Crippen LogP contribution in [0.2, 0.25) is 5.02 Å². The van der Waals surface area contributed by atoms with Crippen LogP contribution in [0.25, 0.3) is 0 Å². The van der Waals surface area contributed by atoms with Gasteiger partial charge in [-0.05, 0) is 35.9 Å². The first-order valence-electron chi connectivity index (χ1n) is 8.70. The molecule has 1 saturated heterocycles. The molecule has 9 heteroatoms. The number of hydrogen-bond donors (Lipinski definition) is 1. The fraction of sp³-hybridized carbons (Fsp3) is 0.316. The summed E-state index contributed by atoms with van der Waals surface area (Å²) in [4.78, 5) is 14.1. The predicted octanol–water partition coefficient (Wildman–Crippen LogP) is 2.55. The highest BCUT2D eigenvalue weighted by Gasteiger charge is 2.18. The number of carbonyl (C=O) groups is 1. The Morgan fingerprint density at radius 1 is 1.18 bits per heavy atom. The SMILES string of the molecule is COc1ccc(S(=O)(=O)Nc2ccc(CC(=O)N3CCOCC3)cc2)cc1Cl. The Kier molecular flexibility index (Phi) is 6.43. The highest BCUT2D eigenvalue weighted by atomic mass is 35.5. The van der Waals surface area contributed by atoms with Gasteiger partial charge >= 0.3 is 0 Å². The van der Waals surface area contributed by atoms with Gasteiger partial charge in [0, 0.05) is 18.8 Å². The molecule has 7 nitrogen and oxygen atoms in total. The minimum Gasteiger partial charge on any atom is -0.495 e. The smallest absolute Gasteiger partial charge is 0.261 e. The van der Waals surface area contributed by atoms with Crippen molar-refractivity contribution < 1.29 is 22.7 Å². The number of nitrogens with one attached hydrogen (secondary N) is 1. The summed E-state index contributed by atoms with van der Waals surface area (Å²) < 4.78 is 37.9. The quantitative estimate of drug-likeness (QED) is 0.770. The molecule has 150 valence electrons. The molecule has 3 rings (SSSR count). The molecule has 2 aromatic rings. The van der Waals surface area contributed by atoms with Crippen molar-refractivity contribution in [2.75, 3.05) is 38.1 Å². The second-order valence-electron chi connectivity index (χ2n) is 6.27. The molecule has 0 saturated carbocycles. The van der Waals surface area contributed by atoms with Crippen LogP contribution < -0.4 is 9.46 Å². The van der Waals surface area contributed by atoms with Gasteiger partial charge in [-0.3, -0.25) is 9.52 Å². The van der Waals surface area contributed by atoms with Gasteiger partial charge in [0.15, 0.2) is 0 Å². The summed E-state index contributed by atoms with van der Waals surface area (Å²) in [5, 5.41) is 0.211. The summed E-state index contributed by atoms with van der Waals surface area (Å²) >= 11 is 6.01. The van der Waals surface area contributed by atoms with Crippen molar-refractivity contribution in [1.29, 1.82) is 0 Å². The van der Waals surface area contributed by atoms with Gasteiger partial charge in [-0.1, -0.05) is 23.7 Å². The van der Waals surface area contributed by atoms with Crippen LogP contribution >= 0.6 is 11.6 Å². The van der Waals surface area contributed by atoms with Crippen molar-refractivity contribution in [1.82, 2.24) is 4.90 Å². The van der Waals surface area contributed by atoms with E-state index in [0.717, 1.165) is 5.56 Å². The van der Waals surface area contributed by atoms with Crippen molar-refractivity contribution in [3.05, 3.63) is 53.1 Å². The topological polar surface area (TPSA) is 84.9 Å². The summed E-state index contributed by atoms with van der Waals surface area (Å²) in [6.07, 6.45) is 0.265. The number of halogens is 1. The van der Waals surface area contributed by atoms with Gasteiger partial charge in [0.25, 0.3) is 10.0 Å². The zero-order chi connectivity index (χ0) is 20.1. The van der Waals surface area contributed by atoms with Crippen LogP contribution in [-0.2, 0) is 26.0 Å². The van der Waals surface area contributed by atoms with Crippen LogP contribution in [0.15, 0.2) is 47.4 Å². The molecule has 0 aliphatic carbocycles. The van der Waals surface area contributed by atoms with Crippen LogP contribution in [0, 0.1) is 0 Å². The number of nitrogens with zero attached hydrogens (tertiary/aromatic N) is 1. The summed E-state index contributed by atoms with van der Waals surface area (Å²) in [5.41, 5.74) is 1.21. The third kappa shape index (κ3) is 4.95. The fourth-order valence-corrected chi connectivity index (χ4v) is 4.22. The molecule has 0 unspecified atom stereocenters. The number of morpholine rings is 1. The van der Waals surface area contributed by atoms with E-state index in [9.17, 15) is 13.2 Å². The Morgan fingerprint density at radius 2 is 1.86 bits per heavy atom. The van der Waals surface area contributed by atoms with Crippen LogP contribution in [0.1, 0.15) is 5.56 Å². The maximum Gasteiger partial charge on any atom is 0.261 e. The molecule has 1 amide bonds. The summed E-state index contributed by atoms with van der Waals surface area (Å²) in [6, 6.07) is 11.0. The van der Waals surface area contributed by atoms with Crippen LogP contribution in [0.3, 0.4) is 0 Å². The van der Waals surface area contributed by atoms with E-state index >= 15 is 0 Å². The number of hydrogen-bond acceptors (Lipinski definition) is 5. The van der Waals surface area contributed by atoms with Crippen LogP contribution in [-0.4, -0.2) is 52.6 Å². The first-order valence-corrected chi connectivity index (χ1v) is 10.6. The number of amides is 1. The largest absolute Gasteiger partial charge is 0.495 e. The number of benzene rings is 2. The molecule has 1 aliphatic rings. The van der Waals surface area contributed by atoms with Gasteiger partial charge in [-0.15, -0.1) is 0 Å². The Labute approximate surface area is 169 Å². The summed E-state index contributed by atoms with van der Waals surface area (Å²) in [7, 11) is -2.34. The van der Waals surface area contributed by atoms with Crippen molar-refractivity contribution in [2.45, 2.75) is 11.3 Å². The normalized spacial score (nSPS) is 14.6. The first kappa shape index (κ1) is 20.4. The first-order chi connectivity index (χ1) is 13.4. The summed E-state index contributed by atoms with van der Waals surface area (Å²) in [5.74, 6) is 0.430. The number of methoxy groups -OCH3 is 1. The maximum absolute atomic E-state index is 12.5. The highest BCUT2D eigenvalue weighted by Crippen LogP contribution is 2.28. The molecule has 1 N–H and O–H groups in total. The van der Waals surface area contributed by atoms with E-state index in [4.69, 9.17) is 21.1 Å². The van der Waals surface area contributed by atoms with Crippen molar-refractivity contribution >= 4 is 33.2 Å². The van der Waals surface area contributed by atoms with E-state index in [1.165, 1.54) is 25.3 Å². The van der Waals surface area contributed by atoms with Gasteiger partial charge in [-0.2, -0.15) is 0 Å². The molecular weight excluding hydrogens is 404 g/mol. The van der Waals surface area contributed by atoms with E-state index in [-0.39, 0.29) is 22.2 Å². The Morgan fingerprint density at radius 3 is 2.46 bits per heavy atom. The van der Waals surface area contributed by atoms with Gasteiger partial charge < -0.3 is 14.4 Å². The lowest BCUT2D eigenvalue weighted by Gasteiger charge is -2.26. The number of sulfonamides is 1. The number of anilines is 1. The van der Waals surface area contributed by atoms with Crippen molar-refractivity contribution in [3.63, 3.8) is 0 Å². The predicted molar refractivity (Wildman–Crippen MR) is 106 cm³/mol. The second-order valence-corrected chi connectivity index (χ2v) is 8.36. The number of carbonyl (C=O) groups excluding carboxylic acids is 1. The minimum absolute atomic E-state index is 0.0319. The lowest BCUT2D eigenvalue weighted by atomic mass is 10.1. The van der Waals surface area contributed by atoms with Gasteiger partial charge in [0.2, 0.25) is 5.91 Å². The molecule has 2 aromatic carbocycles. The molecule has 0 aromatic heterocycles. The van der Waals surface area contributed by atoms with Crippen LogP contribution in [0.5, 0.6) is 5.75 Å². The number of rotatable bonds is 6. The lowest BCUT2D eigenvalue weighted by Crippen LogP contribution is -2.41. The fourth-order valence-electron chi connectivity index (χ4n) is 2.82. The summed E-state index contributed by atoms with van der Waals surface area (Å²) in [6.45, 7) is 2.31. The average Bonchev–Trinajstić information content (AvgIpc) is 2.70. The molecular formula is C19H21ClN2O5S. The molecule has 28 heavy (non-hydrogen) atoms. The maximum atomic E-state index is 12.5. The number of ether oxygens (including phenoxy) is 2. The second kappa shape index (κ2) is 8.81. The highest BCUT2D eigenvalue weighted by molar-refractivity contribution is 7.92. The zero-order valence-corrected chi connectivity index (χ0v) is 16.9. The minimum atomic E-state index is -3.79. The third-order valence-electron chi connectivity index (χ3n) is 4.36. The van der Waals surface area contributed by atoms with E-state index in [1.807, 2.05) is 0 Å². The third-order valence-corrected chi connectivity index (χ3v) is 6.03. The van der Waals surface area contributed by atoms with Crippen LogP contribution in [0.4, 0.5) is 5.69 Å². The lowest BCUT2D eigenvalue weighted by molar-refractivity contribution is -0.134. The molecule has 1 heterocycles. The molecule has 1 fully saturated rings. The molecule has 0 atom stereocenters. The average molecular weight is 425 g/mol. The van der Waals surface area contributed by atoms with Crippen molar-refractivity contribution in [2.24, 2.45) is 0 Å². The van der Waals surface area contributed by atoms with E-state index in [2.05, 4.69) is 4.72 Å². The zero-order valence-electron chi connectivity index (χ0n) is 15.4. The standard InChI is InChI=1S/C19H21ClN2O5S/c1-26-18-7-6-16(13-17(18)20)28(24,25)21-15-4-2-14(3-5-15)12-19(23)22-8-10-27-11-9-22/h2-7,13,21H,8-12H2,1H3. The Hall–Kier alpha value is -2.29. The van der Waals surface area contributed by atoms with Gasteiger partial charge in [-0.25, -0.2) is 8.42 Å². The molecule has 0 radical (unpaired) electrons. The Balaban J connectivity index is 1.66. The van der Waals surface area contributed by atoms with E-state index in [0.29, 0.717) is 37.7 Å². The van der Waals surface area contributed by atoms with E-state index in [1.54, 1.807) is 29.2 Å². The molecule has 0 spiro atoms. The van der Waals surface area contributed by atoms with Crippen molar-refractivity contribution in [3.8, 4) is 5.75 Å². The Bertz CT molecular complexity index is 941. The monoisotopic (exact) mass is 424 g/mol.